The average Bonchev–Trinajstić information content (AvgIpc) is 3.03. The van der Waals surface area contributed by atoms with E-state index in [4.69, 9.17) is 0 Å². The third kappa shape index (κ3) is 2.07. The van der Waals surface area contributed by atoms with E-state index in [-0.39, 0.29) is 0 Å². The van der Waals surface area contributed by atoms with E-state index >= 15 is 0 Å². The maximum atomic E-state index is 3.41. The van der Waals surface area contributed by atoms with Crippen molar-refractivity contribution in [2.24, 2.45) is 0 Å². The Balaban J connectivity index is 1.51. The highest BCUT2D eigenvalue weighted by atomic mass is 15.1. The van der Waals surface area contributed by atoms with Gasteiger partial charge in [0.05, 0.1) is 0 Å². The van der Waals surface area contributed by atoms with Crippen molar-refractivity contribution in [1.82, 2.24) is 10.2 Å². The first-order chi connectivity index (χ1) is 9.38. The Morgan fingerprint density at radius 2 is 1.58 bits per heavy atom. The SMILES string of the molecule is c1ccc2c(c1)CN(Cc1ccc3c(c1)CNC3)C2. The van der Waals surface area contributed by atoms with Gasteiger partial charge in [0.15, 0.2) is 0 Å². The molecule has 2 nitrogen and oxygen atoms in total. The Morgan fingerprint density at radius 1 is 0.842 bits per heavy atom. The summed E-state index contributed by atoms with van der Waals surface area (Å²) in [5.74, 6) is 0. The summed E-state index contributed by atoms with van der Waals surface area (Å²) in [5, 5.41) is 3.41. The van der Waals surface area contributed by atoms with Crippen molar-refractivity contribution in [3.63, 3.8) is 0 Å². The Bertz CT molecular complexity index is 593. The van der Waals surface area contributed by atoms with E-state index < -0.39 is 0 Å². The molecule has 0 bridgehead atoms. The second-order valence-corrected chi connectivity index (χ2v) is 5.62. The molecule has 2 aromatic carbocycles. The molecule has 0 saturated heterocycles. The van der Waals surface area contributed by atoms with Gasteiger partial charge in [-0.25, -0.2) is 0 Å². The average molecular weight is 250 g/mol. The number of rotatable bonds is 2. The molecule has 0 aliphatic carbocycles. The third-order valence-electron chi connectivity index (χ3n) is 4.21. The van der Waals surface area contributed by atoms with Crippen molar-refractivity contribution in [3.8, 4) is 0 Å². The smallest absolute Gasteiger partial charge is 0.0244 e. The van der Waals surface area contributed by atoms with Crippen LogP contribution in [0.15, 0.2) is 42.5 Å². The van der Waals surface area contributed by atoms with Crippen LogP contribution in [0.5, 0.6) is 0 Å². The maximum Gasteiger partial charge on any atom is 0.0244 e. The summed E-state index contributed by atoms with van der Waals surface area (Å²) in [4.78, 5) is 2.52. The van der Waals surface area contributed by atoms with Crippen LogP contribution in [0.25, 0.3) is 0 Å². The van der Waals surface area contributed by atoms with Crippen molar-refractivity contribution in [1.29, 1.82) is 0 Å². The molecule has 0 aromatic heterocycles. The third-order valence-corrected chi connectivity index (χ3v) is 4.21. The van der Waals surface area contributed by atoms with E-state index in [1.54, 1.807) is 0 Å². The van der Waals surface area contributed by atoms with Gasteiger partial charge in [-0.1, -0.05) is 42.5 Å². The molecule has 0 spiro atoms. The lowest BCUT2D eigenvalue weighted by molar-refractivity contribution is 0.275. The van der Waals surface area contributed by atoms with E-state index in [1.807, 2.05) is 0 Å². The van der Waals surface area contributed by atoms with Gasteiger partial charge in [-0.05, 0) is 27.8 Å². The fraction of sp³-hybridized carbons (Fsp3) is 0.294. The molecule has 2 heteroatoms. The van der Waals surface area contributed by atoms with Gasteiger partial charge in [0.25, 0.3) is 0 Å². The van der Waals surface area contributed by atoms with Crippen molar-refractivity contribution in [3.05, 3.63) is 70.3 Å². The van der Waals surface area contributed by atoms with Crippen molar-refractivity contribution in [2.75, 3.05) is 0 Å². The molecule has 19 heavy (non-hydrogen) atoms. The predicted molar refractivity (Wildman–Crippen MR) is 76.4 cm³/mol. The molecule has 4 rings (SSSR count). The first-order valence-electron chi connectivity index (χ1n) is 6.99. The number of benzene rings is 2. The summed E-state index contributed by atoms with van der Waals surface area (Å²) in [5.41, 5.74) is 7.37. The Morgan fingerprint density at radius 3 is 2.37 bits per heavy atom. The van der Waals surface area contributed by atoms with Crippen LogP contribution in [0, 0.1) is 0 Å². The number of nitrogens with zero attached hydrogens (tertiary/aromatic N) is 1. The van der Waals surface area contributed by atoms with Crippen LogP contribution >= 0.6 is 0 Å². The molecule has 0 saturated carbocycles. The van der Waals surface area contributed by atoms with Crippen LogP contribution in [0.3, 0.4) is 0 Å². The fourth-order valence-corrected chi connectivity index (χ4v) is 3.22. The van der Waals surface area contributed by atoms with Gasteiger partial charge < -0.3 is 5.32 Å². The standard InChI is InChI=1S/C17H18N2/c1-2-4-16-12-19(11-15(16)3-1)10-13-5-6-14-8-18-9-17(14)7-13/h1-7,18H,8-12H2. The van der Waals surface area contributed by atoms with E-state index in [1.165, 1.54) is 27.8 Å². The number of fused-ring (bicyclic) bond motifs is 2. The lowest BCUT2D eigenvalue weighted by atomic mass is 10.1. The molecule has 0 radical (unpaired) electrons. The zero-order chi connectivity index (χ0) is 12.7. The highest BCUT2D eigenvalue weighted by Crippen LogP contribution is 2.25. The molecular weight excluding hydrogens is 232 g/mol. The van der Waals surface area contributed by atoms with Crippen LogP contribution in [-0.2, 0) is 32.7 Å². The Labute approximate surface area is 114 Å². The zero-order valence-electron chi connectivity index (χ0n) is 11.0. The molecule has 0 amide bonds. The molecule has 2 aromatic rings. The monoisotopic (exact) mass is 250 g/mol. The Hall–Kier alpha value is -1.64. The van der Waals surface area contributed by atoms with Gasteiger partial charge in [-0.3, -0.25) is 4.90 Å². The molecule has 2 aliphatic heterocycles. The van der Waals surface area contributed by atoms with Crippen LogP contribution in [0.2, 0.25) is 0 Å². The van der Waals surface area contributed by atoms with Gasteiger partial charge >= 0.3 is 0 Å². The van der Waals surface area contributed by atoms with Crippen molar-refractivity contribution in [2.45, 2.75) is 32.7 Å². The first-order valence-corrected chi connectivity index (χ1v) is 6.99. The van der Waals surface area contributed by atoms with E-state index in [9.17, 15) is 0 Å². The first kappa shape index (κ1) is 11.2. The van der Waals surface area contributed by atoms with Gasteiger partial charge in [-0.2, -0.15) is 0 Å². The second kappa shape index (κ2) is 4.48. The summed E-state index contributed by atoms with van der Waals surface area (Å²) < 4.78 is 0. The summed E-state index contributed by atoms with van der Waals surface area (Å²) in [6.07, 6.45) is 0. The largest absolute Gasteiger partial charge is 0.309 e. The zero-order valence-corrected chi connectivity index (χ0v) is 11.0. The lowest BCUT2D eigenvalue weighted by Gasteiger charge is -2.15. The lowest BCUT2D eigenvalue weighted by Crippen LogP contribution is -2.15. The van der Waals surface area contributed by atoms with Crippen LogP contribution < -0.4 is 5.32 Å². The van der Waals surface area contributed by atoms with E-state index in [2.05, 4.69) is 52.7 Å². The molecular formula is C17H18N2. The van der Waals surface area contributed by atoms with Gasteiger partial charge in [0.1, 0.15) is 0 Å². The second-order valence-electron chi connectivity index (χ2n) is 5.62. The van der Waals surface area contributed by atoms with E-state index in [0.29, 0.717) is 0 Å². The normalized spacial score (nSPS) is 17.5. The summed E-state index contributed by atoms with van der Waals surface area (Å²) >= 11 is 0. The summed E-state index contributed by atoms with van der Waals surface area (Å²) in [7, 11) is 0. The topological polar surface area (TPSA) is 15.3 Å². The highest BCUT2D eigenvalue weighted by Gasteiger charge is 2.18. The quantitative estimate of drug-likeness (QED) is 0.881. The number of nitrogens with one attached hydrogen (secondary N) is 1. The van der Waals surface area contributed by atoms with Crippen molar-refractivity contribution >= 4 is 0 Å². The molecule has 96 valence electrons. The van der Waals surface area contributed by atoms with Crippen molar-refractivity contribution < 1.29 is 0 Å². The van der Waals surface area contributed by atoms with Crippen LogP contribution in [0.4, 0.5) is 0 Å². The minimum absolute atomic E-state index is 1.03. The molecule has 2 heterocycles. The predicted octanol–water partition coefficient (Wildman–Crippen LogP) is 2.81. The summed E-state index contributed by atoms with van der Waals surface area (Å²) in [6, 6.07) is 15.7. The number of hydrogen-bond acceptors (Lipinski definition) is 2. The molecule has 2 aliphatic rings. The maximum absolute atomic E-state index is 3.41. The minimum atomic E-state index is 1.03. The molecule has 0 atom stereocenters. The number of hydrogen-bond donors (Lipinski definition) is 1. The minimum Gasteiger partial charge on any atom is -0.309 e. The summed E-state index contributed by atoms with van der Waals surface area (Å²) in [6.45, 7) is 5.30. The Kier molecular flexibility index (Phi) is 2.64. The van der Waals surface area contributed by atoms with Crippen LogP contribution in [-0.4, -0.2) is 4.90 Å². The molecule has 0 fully saturated rings. The highest BCUT2D eigenvalue weighted by molar-refractivity contribution is 5.35. The van der Waals surface area contributed by atoms with Gasteiger partial charge in [0, 0.05) is 32.7 Å². The fourth-order valence-electron chi connectivity index (χ4n) is 3.22. The molecule has 1 N–H and O–H groups in total. The van der Waals surface area contributed by atoms with Gasteiger partial charge in [0.2, 0.25) is 0 Å². The molecule has 0 unspecified atom stereocenters. The van der Waals surface area contributed by atoms with Crippen LogP contribution in [0.1, 0.15) is 27.8 Å². The van der Waals surface area contributed by atoms with E-state index in [0.717, 1.165) is 32.7 Å². The van der Waals surface area contributed by atoms with Gasteiger partial charge in [-0.15, -0.1) is 0 Å².